The van der Waals surface area contributed by atoms with Gasteiger partial charge in [-0.2, -0.15) is 5.10 Å². The van der Waals surface area contributed by atoms with E-state index in [9.17, 15) is 9.59 Å². The molecule has 4 heterocycles. The van der Waals surface area contributed by atoms with Gasteiger partial charge >= 0.3 is 0 Å². The number of pyridine rings is 1. The minimum Gasteiger partial charge on any atom is -0.444 e. The molecule has 0 bridgehead atoms. The van der Waals surface area contributed by atoms with Crippen molar-refractivity contribution in [2.24, 2.45) is 7.05 Å². The molecule has 0 aromatic carbocycles. The normalized spacial score (nSPS) is 14.4. The van der Waals surface area contributed by atoms with Gasteiger partial charge in [0.15, 0.2) is 11.4 Å². The second-order valence-electron chi connectivity index (χ2n) is 6.89. The molecule has 30 heavy (non-hydrogen) atoms. The van der Waals surface area contributed by atoms with Gasteiger partial charge in [0.2, 0.25) is 5.89 Å². The van der Waals surface area contributed by atoms with E-state index >= 15 is 0 Å². The zero-order chi connectivity index (χ0) is 21.1. The Labute approximate surface area is 171 Å². The van der Waals surface area contributed by atoms with Crippen LogP contribution in [-0.2, 0) is 11.8 Å². The zero-order valence-electron chi connectivity index (χ0n) is 16.3. The van der Waals surface area contributed by atoms with E-state index in [1.165, 1.54) is 17.1 Å². The number of nitrogens with two attached hydrogens (primary N) is 1. The Kier molecular flexibility index (Phi) is 5.44. The van der Waals surface area contributed by atoms with Gasteiger partial charge < -0.3 is 25.5 Å². The summed E-state index contributed by atoms with van der Waals surface area (Å²) in [6.07, 6.45) is 5.79. The van der Waals surface area contributed by atoms with Gasteiger partial charge in [0.25, 0.3) is 11.8 Å². The van der Waals surface area contributed by atoms with Crippen LogP contribution >= 0.6 is 0 Å². The topological polar surface area (TPSA) is 150 Å². The molecule has 11 nitrogen and oxygen atoms in total. The number of hydrogen-bond acceptors (Lipinski definition) is 8. The Balaban J connectivity index is 1.48. The van der Waals surface area contributed by atoms with Crippen molar-refractivity contribution in [3.8, 4) is 11.5 Å². The summed E-state index contributed by atoms with van der Waals surface area (Å²) in [4.78, 5) is 33.4. The standard InChI is InChI=1S/C19H21N7O4/c1-26-9-13(16(25-26)18(28)22-12-3-6-29-7-4-12)23-17(27)14-10-30-19(24-14)11-2-5-21-15(20)8-11/h2,5,8-10,12H,3-4,6-7H2,1H3,(H2,20,21)(H,22,28)(H,23,27). The second kappa shape index (κ2) is 8.33. The number of hydrogen-bond donors (Lipinski definition) is 3. The number of oxazole rings is 1. The third-order valence-electron chi connectivity index (χ3n) is 4.61. The van der Waals surface area contributed by atoms with E-state index < -0.39 is 5.91 Å². The van der Waals surface area contributed by atoms with Gasteiger partial charge in [-0.1, -0.05) is 0 Å². The maximum atomic E-state index is 12.7. The van der Waals surface area contributed by atoms with Crippen molar-refractivity contribution in [2.45, 2.75) is 18.9 Å². The highest BCUT2D eigenvalue weighted by molar-refractivity contribution is 6.07. The van der Waals surface area contributed by atoms with Crippen LogP contribution < -0.4 is 16.4 Å². The van der Waals surface area contributed by atoms with Crippen molar-refractivity contribution in [1.29, 1.82) is 0 Å². The van der Waals surface area contributed by atoms with Crippen LogP contribution in [0.2, 0.25) is 0 Å². The van der Waals surface area contributed by atoms with Crippen molar-refractivity contribution < 1.29 is 18.7 Å². The molecule has 1 fully saturated rings. The van der Waals surface area contributed by atoms with E-state index in [2.05, 4.69) is 25.7 Å². The molecule has 11 heteroatoms. The van der Waals surface area contributed by atoms with Gasteiger partial charge in [0, 0.05) is 44.3 Å². The summed E-state index contributed by atoms with van der Waals surface area (Å²) in [5, 5.41) is 9.79. The fraction of sp³-hybridized carbons (Fsp3) is 0.316. The summed E-state index contributed by atoms with van der Waals surface area (Å²) < 4.78 is 12.1. The number of nitrogens with one attached hydrogen (secondary N) is 2. The van der Waals surface area contributed by atoms with Crippen LogP contribution in [0, 0.1) is 0 Å². The minimum atomic E-state index is -0.528. The summed E-state index contributed by atoms with van der Waals surface area (Å²) in [7, 11) is 1.67. The number of amides is 2. The van der Waals surface area contributed by atoms with Crippen LogP contribution in [0.3, 0.4) is 0 Å². The molecule has 0 spiro atoms. The van der Waals surface area contributed by atoms with Crippen molar-refractivity contribution in [1.82, 2.24) is 25.1 Å². The molecule has 0 atom stereocenters. The lowest BCUT2D eigenvalue weighted by Crippen LogP contribution is -2.39. The van der Waals surface area contributed by atoms with Gasteiger partial charge in [-0.15, -0.1) is 0 Å². The Morgan fingerprint density at radius 3 is 2.83 bits per heavy atom. The summed E-state index contributed by atoms with van der Waals surface area (Å²) in [5.74, 6) is -0.337. The molecule has 0 unspecified atom stereocenters. The predicted octanol–water partition coefficient (Wildman–Crippen LogP) is 1.21. The summed E-state index contributed by atoms with van der Waals surface area (Å²) >= 11 is 0. The maximum absolute atomic E-state index is 12.7. The lowest BCUT2D eigenvalue weighted by atomic mass is 10.1. The number of carbonyl (C=O) groups is 2. The van der Waals surface area contributed by atoms with E-state index in [-0.39, 0.29) is 34.9 Å². The van der Waals surface area contributed by atoms with Crippen LogP contribution in [0.25, 0.3) is 11.5 Å². The van der Waals surface area contributed by atoms with Crippen LogP contribution in [-0.4, -0.2) is 50.8 Å². The molecule has 1 aliphatic rings. The molecule has 1 saturated heterocycles. The van der Waals surface area contributed by atoms with Gasteiger partial charge in [-0.25, -0.2) is 9.97 Å². The monoisotopic (exact) mass is 411 g/mol. The second-order valence-corrected chi connectivity index (χ2v) is 6.89. The molecule has 4 rings (SSSR count). The number of nitrogen functional groups attached to an aromatic ring is 1. The molecule has 0 aliphatic carbocycles. The summed E-state index contributed by atoms with van der Waals surface area (Å²) in [6.45, 7) is 1.21. The molecular weight excluding hydrogens is 390 g/mol. The fourth-order valence-electron chi connectivity index (χ4n) is 3.12. The number of rotatable bonds is 5. The van der Waals surface area contributed by atoms with Crippen molar-refractivity contribution in [2.75, 3.05) is 24.3 Å². The van der Waals surface area contributed by atoms with Gasteiger partial charge in [0.1, 0.15) is 12.1 Å². The predicted molar refractivity (Wildman–Crippen MR) is 107 cm³/mol. The van der Waals surface area contributed by atoms with Crippen molar-refractivity contribution >= 4 is 23.3 Å². The zero-order valence-corrected chi connectivity index (χ0v) is 16.3. The van der Waals surface area contributed by atoms with Crippen LogP contribution in [0.5, 0.6) is 0 Å². The third-order valence-corrected chi connectivity index (χ3v) is 4.61. The molecule has 156 valence electrons. The average Bonchev–Trinajstić information content (AvgIpc) is 3.36. The largest absolute Gasteiger partial charge is 0.444 e. The highest BCUT2D eigenvalue weighted by atomic mass is 16.5. The van der Waals surface area contributed by atoms with E-state index in [0.717, 1.165) is 12.8 Å². The first-order valence-electron chi connectivity index (χ1n) is 9.40. The number of aryl methyl sites for hydroxylation is 1. The Hall–Kier alpha value is -3.73. The van der Waals surface area contributed by atoms with Crippen LogP contribution in [0.15, 0.2) is 35.2 Å². The van der Waals surface area contributed by atoms with Crippen LogP contribution in [0.1, 0.15) is 33.8 Å². The minimum absolute atomic E-state index is 0.0164. The number of aromatic nitrogens is 4. The molecule has 2 amide bonds. The van der Waals surface area contributed by atoms with Gasteiger partial charge in [-0.05, 0) is 25.0 Å². The average molecular weight is 411 g/mol. The fourth-order valence-corrected chi connectivity index (χ4v) is 3.12. The Bertz CT molecular complexity index is 1070. The molecular formula is C19H21N7O4. The Morgan fingerprint density at radius 2 is 2.07 bits per heavy atom. The van der Waals surface area contributed by atoms with Crippen LogP contribution in [0.4, 0.5) is 11.5 Å². The Morgan fingerprint density at radius 1 is 1.27 bits per heavy atom. The number of anilines is 2. The van der Waals surface area contributed by atoms with E-state index in [1.807, 2.05) is 0 Å². The third kappa shape index (κ3) is 4.30. The van der Waals surface area contributed by atoms with Gasteiger partial charge in [0.05, 0.1) is 5.69 Å². The highest BCUT2D eigenvalue weighted by Gasteiger charge is 2.23. The number of ether oxygens (including phenoxy) is 1. The number of nitrogens with zero attached hydrogens (tertiary/aromatic N) is 4. The molecule has 0 saturated carbocycles. The lowest BCUT2D eigenvalue weighted by molar-refractivity contribution is 0.0694. The number of carbonyl (C=O) groups excluding carboxylic acids is 2. The first-order chi connectivity index (χ1) is 14.5. The smallest absolute Gasteiger partial charge is 0.277 e. The molecule has 0 radical (unpaired) electrons. The first-order valence-corrected chi connectivity index (χ1v) is 9.40. The molecule has 3 aromatic rings. The first kappa shape index (κ1) is 19.6. The highest BCUT2D eigenvalue weighted by Crippen LogP contribution is 2.21. The summed E-state index contributed by atoms with van der Waals surface area (Å²) in [6, 6.07) is 3.28. The summed E-state index contributed by atoms with van der Waals surface area (Å²) in [5.41, 5.74) is 6.73. The van der Waals surface area contributed by atoms with Crippen molar-refractivity contribution in [3.05, 3.63) is 42.2 Å². The molecule has 3 aromatic heterocycles. The van der Waals surface area contributed by atoms with E-state index in [4.69, 9.17) is 14.9 Å². The van der Waals surface area contributed by atoms with Gasteiger partial charge in [-0.3, -0.25) is 14.3 Å². The lowest BCUT2D eigenvalue weighted by Gasteiger charge is -2.22. The van der Waals surface area contributed by atoms with E-state index in [0.29, 0.717) is 24.6 Å². The maximum Gasteiger partial charge on any atom is 0.277 e. The quantitative estimate of drug-likeness (QED) is 0.567. The van der Waals surface area contributed by atoms with E-state index in [1.54, 1.807) is 25.4 Å². The van der Waals surface area contributed by atoms with Crippen molar-refractivity contribution in [3.63, 3.8) is 0 Å². The molecule has 1 aliphatic heterocycles. The molecule has 4 N–H and O–H groups in total. The SMILES string of the molecule is Cn1cc(NC(=O)c2coc(-c3ccnc(N)c3)n2)c(C(=O)NC2CCOCC2)n1.